The first-order valence-electron chi connectivity index (χ1n) is 7.27. The summed E-state index contributed by atoms with van der Waals surface area (Å²) in [5.74, 6) is -0.530. The molecule has 1 atom stereocenters. The Morgan fingerprint density at radius 1 is 1.14 bits per heavy atom. The predicted octanol–water partition coefficient (Wildman–Crippen LogP) is 2.68. The summed E-state index contributed by atoms with van der Waals surface area (Å²) < 4.78 is 10.5. The van der Waals surface area contributed by atoms with Crippen molar-refractivity contribution in [2.24, 2.45) is 5.73 Å². The zero-order valence-corrected chi connectivity index (χ0v) is 12.6. The number of carbonyl (C=O) groups excluding carboxylic acids is 2. The van der Waals surface area contributed by atoms with Crippen molar-refractivity contribution in [1.29, 1.82) is 0 Å². The standard InChI is InChI=1S/C16H23NO4/c1-3-4-5-6-11-20-14-9-7-13(8-10-14)16(19)21-12(2)15(17)18/h7-10,12H,3-6,11H2,1-2H3,(H2,17,18)/t12-/m0/s1. The van der Waals surface area contributed by atoms with Crippen LogP contribution in [0.2, 0.25) is 0 Å². The fourth-order valence-corrected chi connectivity index (χ4v) is 1.69. The molecule has 1 rings (SSSR count). The van der Waals surface area contributed by atoms with Gasteiger partial charge >= 0.3 is 5.97 Å². The monoisotopic (exact) mass is 293 g/mol. The van der Waals surface area contributed by atoms with Gasteiger partial charge in [0.15, 0.2) is 6.10 Å². The van der Waals surface area contributed by atoms with Crippen LogP contribution >= 0.6 is 0 Å². The van der Waals surface area contributed by atoms with Crippen molar-refractivity contribution in [3.63, 3.8) is 0 Å². The molecule has 0 heterocycles. The smallest absolute Gasteiger partial charge is 0.338 e. The van der Waals surface area contributed by atoms with Crippen LogP contribution in [-0.2, 0) is 9.53 Å². The van der Waals surface area contributed by atoms with E-state index in [4.69, 9.17) is 15.2 Å². The summed E-state index contributed by atoms with van der Waals surface area (Å²) in [5.41, 5.74) is 5.40. The molecule has 1 amide bonds. The number of carbonyl (C=O) groups is 2. The molecule has 0 unspecified atom stereocenters. The Morgan fingerprint density at radius 3 is 2.38 bits per heavy atom. The van der Waals surface area contributed by atoms with Crippen LogP contribution in [0, 0.1) is 0 Å². The highest BCUT2D eigenvalue weighted by atomic mass is 16.5. The molecule has 1 aromatic rings. The van der Waals surface area contributed by atoms with Gasteiger partial charge in [-0.2, -0.15) is 0 Å². The van der Waals surface area contributed by atoms with Crippen LogP contribution in [0.3, 0.4) is 0 Å². The van der Waals surface area contributed by atoms with Crippen molar-refractivity contribution in [3.8, 4) is 5.75 Å². The Hall–Kier alpha value is -2.04. The van der Waals surface area contributed by atoms with Gasteiger partial charge in [0.05, 0.1) is 12.2 Å². The molecule has 116 valence electrons. The van der Waals surface area contributed by atoms with Gasteiger partial charge in [-0.1, -0.05) is 26.2 Å². The lowest BCUT2D eigenvalue weighted by molar-refractivity contribution is -0.125. The maximum absolute atomic E-state index is 11.7. The maximum atomic E-state index is 11.7. The molecular weight excluding hydrogens is 270 g/mol. The Morgan fingerprint density at radius 2 is 1.81 bits per heavy atom. The van der Waals surface area contributed by atoms with Crippen molar-refractivity contribution in [2.45, 2.75) is 45.6 Å². The van der Waals surface area contributed by atoms with Gasteiger partial charge in [-0.15, -0.1) is 0 Å². The first-order chi connectivity index (χ1) is 10.0. The number of hydrogen-bond acceptors (Lipinski definition) is 4. The lowest BCUT2D eigenvalue weighted by atomic mass is 10.2. The molecule has 0 bridgehead atoms. The number of esters is 1. The fraction of sp³-hybridized carbons (Fsp3) is 0.500. The van der Waals surface area contributed by atoms with E-state index in [2.05, 4.69) is 6.92 Å². The average Bonchev–Trinajstić information content (AvgIpc) is 2.47. The number of benzene rings is 1. The Kier molecular flexibility index (Phi) is 7.29. The molecule has 5 nitrogen and oxygen atoms in total. The van der Waals surface area contributed by atoms with Gasteiger partial charge in [-0.05, 0) is 37.6 Å². The third-order valence-corrected chi connectivity index (χ3v) is 3.04. The van der Waals surface area contributed by atoms with E-state index in [1.54, 1.807) is 24.3 Å². The molecule has 5 heteroatoms. The van der Waals surface area contributed by atoms with Crippen LogP contribution in [0.15, 0.2) is 24.3 Å². The molecule has 0 aromatic heterocycles. The molecule has 0 aliphatic carbocycles. The third-order valence-electron chi connectivity index (χ3n) is 3.04. The van der Waals surface area contributed by atoms with Crippen LogP contribution in [0.25, 0.3) is 0 Å². The molecule has 0 aliphatic rings. The highest BCUT2D eigenvalue weighted by molar-refractivity contribution is 5.92. The molecule has 21 heavy (non-hydrogen) atoms. The Bertz CT molecular complexity index is 456. The fourth-order valence-electron chi connectivity index (χ4n) is 1.69. The molecule has 1 aromatic carbocycles. The van der Waals surface area contributed by atoms with Crippen LogP contribution in [-0.4, -0.2) is 24.6 Å². The van der Waals surface area contributed by atoms with Gasteiger partial charge < -0.3 is 15.2 Å². The van der Waals surface area contributed by atoms with E-state index in [0.29, 0.717) is 17.9 Å². The van der Waals surface area contributed by atoms with Crippen molar-refractivity contribution in [3.05, 3.63) is 29.8 Å². The Labute approximate surface area is 125 Å². The number of primary amides is 1. The average molecular weight is 293 g/mol. The summed E-state index contributed by atoms with van der Waals surface area (Å²) in [7, 11) is 0. The van der Waals surface area contributed by atoms with Gasteiger partial charge in [0.1, 0.15) is 5.75 Å². The van der Waals surface area contributed by atoms with Gasteiger partial charge in [-0.25, -0.2) is 4.79 Å². The molecule has 0 spiro atoms. The molecule has 0 saturated heterocycles. The topological polar surface area (TPSA) is 78.6 Å². The van der Waals surface area contributed by atoms with Crippen LogP contribution in [0.4, 0.5) is 0 Å². The van der Waals surface area contributed by atoms with Crippen LogP contribution < -0.4 is 10.5 Å². The molecule has 0 aliphatic heterocycles. The lowest BCUT2D eigenvalue weighted by Crippen LogP contribution is -2.30. The van der Waals surface area contributed by atoms with Gasteiger partial charge in [0.2, 0.25) is 0 Å². The quantitative estimate of drug-likeness (QED) is 0.561. The minimum Gasteiger partial charge on any atom is -0.494 e. The number of hydrogen-bond donors (Lipinski definition) is 1. The second-order valence-electron chi connectivity index (χ2n) is 4.88. The molecule has 0 fully saturated rings. The first-order valence-corrected chi connectivity index (χ1v) is 7.27. The second-order valence-corrected chi connectivity index (χ2v) is 4.88. The largest absolute Gasteiger partial charge is 0.494 e. The molecule has 0 radical (unpaired) electrons. The minimum absolute atomic E-state index is 0.362. The van der Waals surface area contributed by atoms with E-state index in [-0.39, 0.29) is 0 Å². The normalized spacial score (nSPS) is 11.7. The van der Waals surface area contributed by atoms with Gasteiger partial charge in [0.25, 0.3) is 5.91 Å². The van der Waals surface area contributed by atoms with Crippen molar-refractivity contribution < 1.29 is 19.1 Å². The van der Waals surface area contributed by atoms with Gasteiger partial charge in [0, 0.05) is 0 Å². The highest BCUT2D eigenvalue weighted by Crippen LogP contribution is 2.14. The van der Waals surface area contributed by atoms with E-state index < -0.39 is 18.0 Å². The lowest BCUT2D eigenvalue weighted by Gasteiger charge is -2.10. The summed E-state index contributed by atoms with van der Waals surface area (Å²) in [4.78, 5) is 22.6. The number of ether oxygens (including phenoxy) is 2. The molecule has 2 N–H and O–H groups in total. The van der Waals surface area contributed by atoms with Crippen molar-refractivity contribution >= 4 is 11.9 Å². The highest BCUT2D eigenvalue weighted by Gasteiger charge is 2.15. The zero-order chi connectivity index (χ0) is 15.7. The van der Waals surface area contributed by atoms with E-state index in [1.807, 2.05) is 0 Å². The summed E-state index contributed by atoms with van der Waals surface area (Å²) in [6.07, 6.45) is 3.65. The Balaban J connectivity index is 2.42. The van der Waals surface area contributed by atoms with Crippen molar-refractivity contribution in [1.82, 2.24) is 0 Å². The molecule has 0 saturated carbocycles. The maximum Gasteiger partial charge on any atom is 0.338 e. The van der Waals surface area contributed by atoms with E-state index in [9.17, 15) is 9.59 Å². The summed E-state index contributed by atoms with van der Waals surface area (Å²) >= 11 is 0. The number of unbranched alkanes of at least 4 members (excludes halogenated alkanes) is 3. The summed E-state index contributed by atoms with van der Waals surface area (Å²) in [6, 6.07) is 6.64. The van der Waals surface area contributed by atoms with Gasteiger partial charge in [-0.3, -0.25) is 4.79 Å². The zero-order valence-electron chi connectivity index (χ0n) is 12.6. The third kappa shape index (κ3) is 6.29. The minimum atomic E-state index is -0.938. The molecular formula is C16H23NO4. The van der Waals surface area contributed by atoms with E-state index >= 15 is 0 Å². The predicted molar refractivity (Wildman–Crippen MR) is 80.2 cm³/mol. The SMILES string of the molecule is CCCCCCOc1ccc(C(=O)O[C@@H](C)C(N)=O)cc1. The number of amides is 1. The number of rotatable bonds is 9. The first kappa shape index (κ1) is 17.0. The van der Waals surface area contributed by atoms with Crippen molar-refractivity contribution in [2.75, 3.05) is 6.61 Å². The van der Waals surface area contributed by atoms with E-state index in [1.165, 1.54) is 19.8 Å². The van der Waals surface area contributed by atoms with Crippen LogP contribution in [0.1, 0.15) is 49.9 Å². The number of nitrogens with two attached hydrogens (primary N) is 1. The second kappa shape index (κ2) is 9.00. The summed E-state index contributed by atoms with van der Waals surface area (Å²) in [6.45, 7) is 4.27. The van der Waals surface area contributed by atoms with Crippen LogP contribution in [0.5, 0.6) is 5.75 Å². The summed E-state index contributed by atoms with van der Waals surface area (Å²) in [5, 5.41) is 0. The van der Waals surface area contributed by atoms with E-state index in [0.717, 1.165) is 12.8 Å².